The van der Waals surface area contributed by atoms with Crippen LogP contribution in [0.25, 0.3) is 0 Å². The zero-order valence-corrected chi connectivity index (χ0v) is 11.9. The highest BCUT2D eigenvalue weighted by molar-refractivity contribution is 6.04. The van der Waals surface area contributed by atoms with Gasteiger partial charge in [0.1, 0.15) is 12.4 Å². The lowest BCUT2D eigenvalue weighted by atomic mass is 10.2. The maximum Gasteiger partial charge on any atom is 0.292 e. The summed E-state index contributed by atoms with van der Waals surface area (Å²) in [5.41, 5.74) is 0.122. The second kappa shape index (κ2) is 6.10. The third-order valence-corrected chi connectivity index (χ3v) is 3.07. The molecular formula is C14H12N6O3. The quantitative estimate of drug-likeness (QED) is 0.570. The van der Waals surface area contributed by atoms with E-state index in [4.69, 9.17) is 0 Å². The first-order chi connectivity index (χ1) is 11.1. The van der Waals surface area contributed by atoms with Crippen molar-refractivity contribution in [2.75, 3.05) is 5.32 Å². The lowest BCUT2D eigenvalue weighted by Gasteiger charge is -2.04. The van der Waals surface area contributed by atoms with E-state index in [0.717, 1.165) is 0 Å². The van der Waals surface area contributed by atoms with Crippen molar-refractivity contribution in [1.82, 2.24) is 19.6 Å². The van der Waals surface area contributed by atoms with Gasteiger partial charge in [-0.1, -0.05) is 12.1 Å². The Bertz CT molecular complexity index is 840. The molecule has 1 aromatic carbocycles. The molecule has 2 aromatic heterocycles. The molecule has 0 atom stereocenters. The normalized spacial score (nSPS) is 10.4. The van der Waals surface area contributed by atoms with Crippen LogP contribution in [0.4, 0.5) is 11.4 Å². The lowest BCUT2D eigenvalue weighted by Crippen LogP contribution is -2.15. The van der Waals surface area contributed by atoms with Crippen molar-refractivity contribution in [2.45, 2.75) is 6.67 Å². The first kappa shape index (κ1) is 14.4. The molecule has 0 aliphatic rings. The minimum absolute atomic E-state index is 0.129. The molecule has 2 heterocycles. The summed E-state index contributed by atoms with van der Waals surface area (Å²) in [5, 5.41) is 21.6. The number of amides is 1. The molecule has 0 bridgehead atoms. The van der Waals surface area contributed by atoms with E-state index < -0.39 is 10.8 Å². The van der Waals surface area contributed by atoms with Gasteiger partial charge in [-0.3, -0.25) is 24.3 Å². The Morgan fingerprint density at radius 2 is 2.00 bits per heavy atom. The standard InChI is InChI=1S/C14H12N6O3/c21-14(16-11-4-1-2-5-13(11)20(22)23)12-6-9-19(17-12)10-18-8-3-7-15-18/h1-9H,10H2,(H,16,21). The summed E-state index contributed by atoms with van der Waals surface area (Å²) in [4.78, 5) is 22.6. The van der Waals surface area contributed by atoms with Crippen LogP contribution < -0.4 is 5.32 Å². The average Bonchev–Trinajstić information content (AvgIpc) is 3.20. The fourth-order valence-corrected chi connectivity index (χ4v) is 2.02. The highest BCUT2D eigenvalue weighted by atomic mass is 16.6. The Morgan fingerprint density at radius 3 is 2.74 bits per heavy atom. The summed E-state index contributed by atoms with van der Waals surface area (Å²) in [6.07, 6.45) is 5.05. The number of benzene rings is 1. The van der Waals surface area contributed by atoms with Crippen LogP contribution in [0.2, 0.25) is 0 Å². The van der Waals surface area contributed by atoms with Crippen LogP contribution in [-0.2, 0) is 6.67 Å². The number of anilines is 1. The van der Waals surface area contributed by atoms with Crippen LogP contribution in [0.1, 0.15) is 10.5 Å². The van der Waals surface area contributed by atoms with Gasteiger partial charge in [0.2, 0.25) is 0 Å². The number of rotatable bonds is 5. The molecule has 0 aliphatic carbocycles. The molecule has 3 rings (SSSR count). The van der Waals surface area contributed by atoms with Crippen LogP contribution in [0.3, 0.4) is 0 Å². The maximum atomic E-state index is 12.2. The Morgan fingerprint density at radius 1 is 1.17 bits per heavy atom. The smallest absolute Gasteiger partial charge is 0.292 e. The van der Waals surface area contributed by atoms with Gasteiger partial charge in [-0.25, -0.2) is 0 Å². The van der Waals surface area contributed by atoms with Gasteiger partial charge in [0.05, 0.1) is 4.92 Å². The first-order valence-electron chi connectivity index (χ1n) is 6.69. The number of nitrogens with zero attached hydrogens (tertiary/aromatic N) is 5. The molecule has 0 saturated carbocycles. The molecular weight excluding hydrogens is 300 g/mol. The molecule has 0 unspecified atom stereocenters. The molecule has 23 heavy (non-hydrogen) atoms. The number of para-hydroxylation sites is 2. The van der Waals surface area contributed by atoms with E-state index in [1.54, 1.807) is 40.1 Å². The summed E-state index contributed by atoms with van der Waals surface area (Å²) >= 11 is 0. The van der Waals surface area contributed by atoms with Crippen molar-refractivity contribution >= 4 is 17.3 Å². The fraction of sp³-hybridized carbons (Fsp3) is 0.0714. The summed E-state index contributed by atoms with van der Waals surface area (Å²) in [6, 6.07) is 9.26. The van der Waals surface area contributed by atoms with Crippen molar-refractivity contribution in [3.05, 3.63) is 70.8 Å². The van der Waals surface area contributed by atoms with E-state index in [1.807, 2.05) is 0 Å². The fourth-order valence-electron chi connectivity index (χ4n) is 2.02. The van der Waals surface area contributed by atoms with Crippen LogP contribution in [0.5, 0.6) is 0 Å². The molecule has 0 fully saturated rings. The molecule has 0 aliphatic heterocycles. The minimum Gasteiger partial charge on any atom is -0.315 e. The van der Waals surface area contributed by atoms with Gasteiger partial charge >= 0.3 is 0 Å². The Kier molecular flexibility index (Phi) is 3.83. The summed E-state index contributed by atoms with van der Waals surface area (Å²) in [6.45, 7) is 0.367. The highest BCUT2D eigenvalue weighted by Gasteiger charge is 2.17. The van der Waals surface area contributed by atoms with E-state index in [1.165, 1.54) is 24.3 Å². The van der Waals surface area contributed by atoms with Gasteiger partial charge in [0.15, 0.2) is 5.69 Å². The average molecular weight is 312 g/mol. The minimum atomic E-state index is -0.550. The van der Waals surface area contributed by atoms with Crippen LogP contribution in [-0.4, -0.2) is 30.4 Å². The van der Waals surface area contributed by atoms with Gasteiger partial charge in [-0.15, -0.1) is 0 Å². The first-order valence-corrected chi connectivity index (χ1v) is 6.69. The number of hydrogen-bond acceptors (Lipinski definition) is 5. The van der Waals surface area contributed by atoms with Crippen molar-refractivity contribution < 1.29 is 9.72 Å². The Balaban J connectivity index is 1.74. The molecule has 1 N–H and O–H groups in total. The molecule has 9 nitrogen and oxygen atoms in total. The van der Waals surface area contributed by atoms with Crippen LogP contribution in [0, 0.1) is 10.1 Å². The van der Waals surface area contributed by atoms with E-state index in [-0.39, 0.29) is 17.1 Å². The second-order valence-corrected chi connectivity index (χ2v) is 4.66. The van der Waals surface area contributed by atoms with E-state index in [9.17, 15) is 14.9 Å². The van der Waals surface area contributed by atoms with Gasteiger partial charge in [0, 0.05) is 24.7 Å². The number of carbonyl (C=O) groups is 1. The molecule has 9 heteroatoms. The van der Waals surface area contributed by atoms with Crippen LogP contribution >= 0.6 is 0 Å². The third kappa shape index (κ3) is 3.23. The van der Waals surface area contributed by atoms with E-state index in [0.29, 0.717) is 6.67 Å². The molecule has 0 radical (unpaired) electrons. The van der Waals surface area contributed by atoms with E-state index in [2.05, 4.69) is 15.5 Å². The van der Waals surface area contributed by atoms with Gasteiger partial charge in [-0.05, 0) is 18.2 Å². The maximum absolute atomic E-state index is 12.2. The predicted octanol–water partition coefficient (Wildman–Crippen LogP) is 1.75. The van der Waals surface area contributed by atoms with E-state index >= 15 is 0 Å². The largest absolute Gasteiger partial charge is 0.315 e. The Labute approximate surface area is 130 Å². The van der Waals surface area contributed by atoms with Gasteiger partial charge < -0.3 is 5.32 Å². The monoisotopic (exact) mass is 312 g/mol. The molecule has 0 spiro atoms. The van der Waals surface area contributed by atoms with Crippen molar-refractivity contribution in [2.24, 2.45) is 0 Å². The third-order valence-electron chi connectivity index (χ3n) is 3.07. The zero-order valence-electron chi connectivity index (χ0n) is 11.9. The lowest BCUT2D eigenvalue weighted by molar-refractivity contribution is -0.383. The zero-order chi connectivity index (χ0) is 16.2. The van der Waals surface area contributed by atoms with Crippen LogP contribution in [0.15, 0.2) is 55.0 Å². The predicted molar refractivity (Wildman–Crippen MR) is 80.9 cm³/mol. The Hall–Kier alpha value is -3.49. The molecule has 3 aromatic rings. The number of nitro groups is 1. The summed E-state index contributed by atoms with van der Waals surface area (Å²) in [5.74, 6) is -0.515. The summed E-state index contributed by atoms with van der Waals surface area (Å²) < 4.78 is 3.19. The number of nitrogens with one attached hydrogen (secondary N) is 1. The van der Waals surface area contributed by atoms with Gasteiger partial charge in [0.25, 0.3) is 11.6 Å². The number of carbonyl (C=O) groups excluding carboxylic acids is 1. The SMILES string of the molecule is O=C(Nc1ccccc1[N+](=O)[O-])c1ccn(Cn2cccn2)n1. The highest BCUT2D eigenvalue weighted by Crippen LogP contribution is 2.23. The van der Waals surface area contributed by atoms with Crippen molar-refractivity contribution in [3.8, 4) is 0 Å². The molecule has 0 saturated heterocycles. The number of aromatic nitrogens is 4. The topological polar surface area (TPSA) is 108 Å². The number of hydrogen-bond donors (Lipinski definition) is 1. The van der Waals surface area contributed by atoms with Crippen molar-refractivity contribution in [3.63, 3.8) is 0 Å². The van der Waals surface area contributed by atoms with Crippen molar-refractivity contribution in [1.29, 1.82) is 0 Å². The second-order valence-electron chi connectivity index (χ2n) is 4.66. The van der Waals surface area contributed by atoms with Gasteiger partial charge in [-0.2, -0.15) is 10.2 Å². The summed E-state index contributed by atoms with van der Waals surface area (Å²) in [7, 11) is 0. The number of nitro benzene ring substituents is 1. The molecule has 116 valence electrons. The molecule has 1 amide bonds.